The highest BCUT2D eigenvalue weighted by molar-refractivity contribution is 5.93. The molecule has 0 unspecified atom stereocenters. The molecule has 0 aliphatic rings. The number of hydrogen-bond donors (Lipinski definition) is 1. The molecule has 0 spiro atoms. The molecule has 102 valence electrons. The largest absolute Gasteiger partial charge is 0.465 e. The summed E-state index contributed by atoms with van der Waals surface area (Å²) in [6.45, 7) is 0. The third-order valence-electron chi connectivity index (χ3n) is 2.70. The molecule has 0 radical (unpaired) electrons. The van der Waals surface area contributed by atoms with Crippen molar-refractivity contribution in [3.8, 4) is 0 Å². The molecule has 1 aromatic heterocycles. The van der Waals surface area contributed by atoms with Gasteiger partial charge in [0.05, 0.1) is 19.1 Å². The summed E-state index contributed by atoms with van der Waals surface area (Å²) in [7, 11) is 1.33. The van der Waals surface area contributed by atoms with Crippen LogP contribution >= 0.6 is 0 Å². The zero-order valence-electron chi connectivity index (χ0n) is 11.0. The first kappa shape index (κ1) is 13.7. The Kier molecular flexibility index (Phi) is 4.44. The molecule has 0 atom stereocenters. The van der Waals surface area contributed by atoms with Gasteiger partial charge in [0.2, 0.25) is 5.91 Å². The molecular formula is C15H14N2O3. The molecule has 5 nitrogen and oxygen atoms in total. The van der Waals surface area contributed by atoms with E-state index in [0.29, 0.717) is 11.3 Å². The highest BCUT2D eigenvalue weighted by atomic mass is 16.5. The lowest BCUT2D eigenvalue weighted by Gasteiger charge is -2.06. The van der Waals surface area contributed by atoms with E-state index in [1.54, 1.807) is 48.8 Å². The van der Waals surface area contributed by atoms with Crippen molar-refractivity contribution < 1.29 is 14.3 Å². The fourth-order valence-electron chi connectivity index (χ4n) is 1.70. The minimum Gasteiger partial charge on any atom is -0.465 e. The van der Waals surface area contributed by atoms with E-state index in [1.165, 1.54) is 7.11 Å². The normalized spacial score (nSPS) is 9.85. The second-order valence-electron chi connectivity index (χ2n) is 4.15. The lowest BCUT2D eigenvalue weighted by atomic mass is 10.1. The van der Waals surface area contributed by atoms with Crippen molar-refractivity contribution in [1.29, 1.82) is 0 Å². The van der Waals surface area contributed by atoms with Crippen LogP contribution in [0.25, 0.3) is 0 Å². The van der Waals surface area contributed by atoms with E-state index in [0.717, 1.165) is 5.56 Å². The first-order valence-corrected chi connectivity index (χ1v) is 6.06. The average molecular weight is 270 g/mol. The van der Waals surface area contributed by atoms with Crippen molar-refractivity contribution >= 4 is 17.6 Å². The van der Waals surface area contributed by atoms with Crippen LogP contribution in [0.3, 0.4) is 0 Å². The molecule has 0 aliphatic heterocycles. The number of carbonyl (C=O) groups is 2. The Hall–Kier alpha value is -2.69. The number of rotatable bonds is 4. The fraction of sp³-hybridized carbons (Fsp3) is 0.133. The summed E-state index contributed by atoms with van der Waals surface area (Å²) in [4.78, 5) is 27.0. The lowest BCUT2D eigenvalue weighted by molar-refractivity contribution is -0.115. The lowest BCUT2D eigenvalue weighted by Crippen LogP contribution is -2.14. The highest BCUT2D eigenvalue weighted by Crippen LogP contribution is 2.11. The van der Waals surface area contributed by atoms with Gasteiger partial charge in [-0.05, 0) is 42.0 Å². The Bertz CT molecular complexity index is 594. The summed E-state index contributed by atoms with van der Waals surface area (Å²) in [5, 5.41) is 2.76. The topological polar surface area (TPSA) is 68.3 Å². The molecule has 1 aromatic carbocycles. The highest BCUT2D eigenvalue weighted by Gasteiger charge is 2.06. The number of amides is 1. The van der Waals surface area contributed by atoms with Gasteiger partial charge in [0.1, 0.15) is 0 Å². The van der Waals surface area contributed by atoms with Gasteiger partial charge < -0.3 is 10.1 Å². The van der Waals surface area contributed by atoms with E-state index in [1.807, 2.05) is 0 Å². The van der Waals surface area contributed by atoms with Gasteiger partial charge in [-0.1, -0.05) is 0 Å². The molecule has 1 heterocycles. The average Bonchev–Trinajstić information content (AvgIpc) is 2.48. The number of methoxy groups -OCH3 is 1. The van der Waals surface area contributed by atoms with Crippen LogP contribution in [0.5, 0.6) is 0 Å². The van der Waals surface area contributed by atoms with Crippen LogP contribution in [-0.2, 0) is 16.0 Å². The van der Waals surface area contributed by atoms with Crippen molar-refractivity contribution in [2.75, 3.05) is 12.4 Å². The minimum absolute atomic E-state index is 0.123. The van der Waals surface area contributed by atoms with Gasteiger partial charge in [0, 0.05) is 18.1 Å². The first-order valence-electron chi connectivity index (χ1n) is 6.06. The van der Waals surface area contributed by atoms with E-state index in [-0.39, 0.29) is 12.3 Å². The van der Waals surface area contributed by atoms with Crippen LogP contribution in [-0.4, -0.2) is 24.0 Å². The summed E-state index contributed by atoms with van der Waals surface area (Å²) in [5.74, 6) is -0.526. The number of nitrogens with zero attached hydrogens (tertiary/aromatic N) is 1. The molecule has 2 aromatic rings. The van der Waals surface area contributed by atoms with Crippen LogP contribution in [0.4, 0.5) is 5.69 Å². The molecule has 0 fully saturated rings. The van der Waals surface area contributed by atoms with Crippen molar-refractivity contribution in [2.24, 2.45) is 0 Å². The zero-order chi connectivity index (χ0) is 14.4. The summed E-state index contributed by atoms with van der Waals surface area (Å²) in [6.07, 6.45) is 3.57. The predicted molar refractivity (Wildman–Crippen MR) is 74.4 cm³/mol. The Morgan fingerprint density at radius 1 is 1.10 bits per heavy atom. The quantitative estimate of drug-likeness (QED) is 0.863. The standard InChI is InChI=1S/C15H14N2O3/c1-20-15(19)12-2-4-13(5-3-12)17-14(18)10-11-6-8-16-9-7-11/h2-9H,10H2,1H3,(H,17,18). The number of ether oxygens (including phenoxy) is 1. The van der Waals surface area contributed by atoms with E-state index >= 15 is 0 Å². The first-order chi connectivity index (χ1) is 9.69. The number of nitrogens with one attached hydrogen (secondary N) is 1. The van der Waals surface area contributed by atoms with Gasteiger partial charge in [-0.2, -0.15) is 0 Å². The molecule has 0 aliphatic carbocycles. The number of carbonyl (C=O) groups excluding carboxylic acids is 2. The van der Waals surface area contributed by atoms with Crippen molar-refractivity contribution in [3.63, 3.8) is 0 Å². The fourth-order valence-corrected chi connectivity index (χ4v) is 1.70. The molecule has 5 heteroatoms. The third kappa shape index (κ3) is 3.65. The number of esters is 1. The number of hydrogen-bond acceptors (Lipinski definition) is 4. The number of aromatic nitrogens is 1. The molecule has 0 saturated heterocycles. The molecule has 1 amide bonds. The molecule has 2 rings (SSSR count). The molecule has 1 N–H and O–H groups in total. The van der Waals surface area contributed by atoms with Gasteiger partial charge >= 0.3 is 5.97 Å². The second-order valence-corrected chi connectivity index (χ2v) is 4.15. The second kappa shape index (κ2) is 6.47. The Morgan fingerprint density at radius 2 is 1.75 bits per heavy atom. The van der Waals surface area contributed by atoms with Crippen molar-refractivity contribution in [2.45, 2.75) is 6.42 Å². The summed E-state index contributed by atoms with van der Waals surface area (Å²) in [6, 6.07) is 10.1. The van der Waals surface area contributed by atoms with Crippen LogP contribution in [0, 0.1) is 0 Å². The maximum atomic E-state index is 11.8. The maximum absolute atomic E-state index is 11.8. The molecular weight excluding hydrogens is 256 g/mol. The third-order valence-corrected chi connectivity index (χ3v) is 2.70. The number of benzene rings is 1. The molecule has 0 bridgehead atoms. The van der Waals surface area contributed by atoms with E-state index in [9.17, 15) is 9.59 Å². The predicted octanol–water partition coefficient (Wildman–Crippen LogP) is 2.05. The SMILES string of the molecule is COC(=O)c1ccc(NC(=O)Cc2ccncc2)cc1. The number of anilines is 1. The van der Waals surface area contributed by atoms with Crippen LogP contribution in [0.2, 0.25) is 0 Å². The van der Waals surface area contributed by atoms with Gasteiger partial charge in [0.15, 0.2) is 0 Å². The van der Waals surface area contributed by atoms with Gasteiger partial charge in [-0.25, -0.2) is 4.79 Å². The van der Waals surface area contributed by atoms with E-state index in [4.69, 9.17) is 0 Å². The van der Waals surface area contributed by atoms with Gasteiger partial charge in [-0.3, -0.25) is 9.78 Å². The Labute approximate surface area is 116 Å². The summed E-state index contributed by atoms with van der Waals surface area (Å²) in [5.41, 5.74) is 1.97. The summed E-state index contributed by atoms with van der Waals surface area (Å²) < 4.78 is 4.60. The van der Waals surface area contributed by atoms with Gasteiger partial charge in [-0.15, -0.1) is 0 Å². The van der Waals surface area contributed by atoms with Crippen LogP contribution in [0.15, 0.2) is 48.8 Å². The monoisotopic (exact) mass is 270 g/mol. The smallest absolute Gasteiger partial charge is 0.337 e. The Balaban J connectivity index is 1.96. The van der Waals surface area contributed by atoms with E-state index < -0.39 is 5.97 Å². The van der Waals surface area contributed by atoms with Crippen LogP contribution in [0.1, 0.15) is 15.9 Å². The van der Waals surface area contributed by atoms with E-state index in [2.05, 4.69) is 15.0 Å². The van der Waals surface area contributed by atoms with Gasteiger partial charge in [0.25, 0.3) is 0 Å². The zero-order valence-corrected chi connectivity index (χ0v) is 11.0. The van der Waals surface area contributed by atoms with Crippen molar-refractivity contribution in [1.82, 2.24) is 4.98 Å². The number of pyridine rings is 1. The Morgan fingerprint density at radius 3 is 2.35 bits per heavy atom. The van der Waals surface area contributed by atoms with Crippen molar-refractivity contribution in [3.05, 3.63) is 59.9 Å². The minimum atomic E-state index is -0.403. The van der Waals surface area contributed by atoms with Crippen LogP contribution < -0.4 is 5.32 Å². The summed E-state index contributed by atoms with van der Waals surface area (Å²) >= 11 is 0. The molecule has 0 saturated carbocycles. The molecule has 20 heavy (non-hydrogen) atoms. The maximum Gasteiger partial charge on any atom is 0.337 e.